The first kappa shape index (κ1) is 17.0. The highest BCUT2D eigenvalue weighted by Gasteiger charge is 2.20. The number of nitriles is 1. The molecule has 0 heterocycles. The topological polar surface area (TPSA) is 79.2 Å². The molecule has 23 heavy (non-hydrogen) atoms. The van der Waals surface area contributed by atoms with Crippen LogP contribution in [0, 0.1) is 14.9 Å². The summed E-state index contributed by atoms with van der Waals surface area (Å²) < 4.78 is 5.93. The maximum Gasteiger partial charge on any atom is 0.339 e. The number of halogens is 1. The molecule has 2 aromatic carbocycles. The van der Waals surface area contributed by atoms with Crippen LogP contribution in [0.5, 0.6) is 0 Å². The van der Waals surface area contributed by atoms with Gasteiger partial charge in [0.2, 0.25) is 0 Å². The summed E-state index contributed by atoms with van der Waals surface area (Å²) in [6.07, 6.45) is -0.981. The van der Waals surface area contributed by atoms with Crippen molar-refractivity contribution in [2.45, 2.75) is 13.0 Å². The minimum absolute atomic E-state index is 0.344. The first-order valence-electron chi connectivity index (χ1n) is 6.78. The van der Waals surface area contributed by atoms with E-state index in [4.69, 9.17) is 10.00 Å². The Hall–Kier alpha value is -2.40. The van der Waals surface area contributed by atoms with Crippen LogP contribution in [0.3, 0.4) is 0 Å². The zero-order valence-electron chi connectivity index (χ0n) is 12.2. The van der Waals surface area contributed by atoms with E-state index >= 15 is 0 Å². The lowest BCUT2D eigenvalue weighted by Crippen LogP contribution is -2.30. The number of para-hydroxylation sites is 1. The largest absolute Gasteiger partial charge is 0.449 e. The Morgan fingerprint density at radius 1 is 1.17 bits per heavy atom. The Kier molecular flexibility index (Phi) is 5.71. The van der Waals surface area contributed by atoms with E-state index in [-0.39, 0.29) is 0 Å². The zero-order chi connectivity index (χ0) is 16.8. The SMILES string of the molecule is CC(OC(=O)c1ccccc1I)C(=O)Nc1ccccc1C#N. The quantitative estimate of drug-likeness (QED) is 0.608. The Balaban J connectivity index is 2.05. The van der Waals surface area contributed by atoms with Crippen molar-refractivity contribution in [2.24, 2.45) is 0 Å². The van der Waals surface area contributed by atoms with Crippen molar-refractivity contribution < 1.29 is 14.3 Å². The van der Waals surface area contributed by atoms with Gasteiger partial charge in [-0.25, -0.2) is 4.79 Å². The van der Waals surface area contributed by atoms with Crippen LogP contribution in [0.2, 0.25) is 0 Å². The average molecular weight is 420 g/mol. The van der Waals surface area contributed by atoms with Gasteiger partial charge < -0.3 is 10.1 Å². The number of rotatable bonds is 4. The van der Waals surface area contributed by atoms with Crippen LogP contribution < -0.4 is 5.32 Å². The minimum atomic E-state index is -0.981. The normalized spacial score (nSPS) is 11.2. The van der Waals surface area contributed by atoms with E-state index in [0.29, 0.717) is 16.8 Å². The predicted molar refractivity (Wildman–Crippen MR) is 93.8 cm³/mol. The molecule has 1 amide bonds. The summed E-state index contributed by atoms with van der Waals surface area (Å²) >= 11 is 2.03. The van der Waals surface area contributed by atoms with Crippen molar-refractivity contribution >= 4 is 40.2 Å². The van der Waals surface area contributed by atoms with E-state index in [0.717, 1.165) is 3.57 Å². The molecule has 5 nitrogen and oxygen atoms in total. The van der Waals surface area contributed by atoms with E-state index in [2.05, 4.69) is 5.32 Å². The lowest BCUT2D eigenvalue weighted by Gasteiger charge is -2.14. The molecule has 2 aromatic rings. The number of hydrogen-bond donors (Lipinski definition) is 1. The van der Waals surface area contributed by atoms with Crippen LogP contribution in [0.25, 0.3) is 0 Å². The molecular weight excluding hydrogens is 407 g/mol. The smallest absolute Gasteiger partial charge is 0.339 e. The summed E-state index contributed by atoms with van der Waals surface area (Å²) in [5.41, 5.74) is 1.14. The van der Waals surface area contributed by atoms with Gasteiger partial charge in [0.1, 0.15) is 6.07 Å². The van der Waals surface area contributed by atoms with Crippen LogP contribution in [0.4, 0.5) is 5.69 Å². The molecule has 0 aliphatic carbocycles. The van der Waals surface area contributed by atoms with Gasteiger partial charge in [0.25, 0.3) is 5.91 Å². The molecule has 0 saturated carbocycles. The molecular formula is C17H13IN2O3. The fraction of sp³-hybridized carbons (Fsp3) is 0.118. The lowest BCUT2D eigenvalue weighted by molar-refractivity contribution is -0.123. The summed E-state index contributed by atoms with van der Waals surface area (Å²) in [5.74, 6) is -1.06. The number of amides is 1. The van der Waals surface area contributed by atoms with Crippen molar-refractivity contribution in [3.63, 3.8) is 0 Å². The van der Waals surface area contributed by atoms with Crippen molar-refractivity contribution in [3.8, 4) is 6.07 Å². The summed E-state index contributed by atoms with van der Waals surface area (Å²) in [5, 5.41) is 11.6. The van der Waals surface area contributed by atoms with Crippen molar-refractivity contribution in [1.82, 2.24) is 0 Å². The monoisotopic (exact) mass is 420 g/mol. The second kappa shape index (κ2) is 7.74. The molecule has 0 spiro atoms. The second-order valence-electron chi connectivity index (χ2n) is 4.67. The Labute approximate surface area is 147 Å². The molecule has 0 aliphatic heterocycles. The summed E-state index contributed by atoms with van der Waals surface area (Å²) in [7, 11) is 0. The van der Waals surface area contributed by atoms with Gasteiger partial charge in [-0.2, -0.15) is 5.26 Å². The van der Waals surface area contributed by atoms with E-state index in [1.54, 1.807) is 42.5 Å². The number of anilines is 1. The average Bonchev–Trinajstić information content (AvgIpc) is 2.55. The van der Waals surface area contributed by atoms with Crippen LogP contribution in [-0.4, -0.2) is 18.0 Å². The fourth-order valence-electron chi connectivity index (χ4n) is 1.83. The number of carbonyl (C=O) groups is 2. The summed E-state index contributed by atoms with van der Waals surface area (Å²) in [6, 6.07) is 15.6. The molecule has 0 radical (unpaired) electrons. The van der Waals surface area contributed by atoms with Gasteiger partial charge in [-0.05, 0) is 53.8 Å². The summed E-state index contributed by atoms with van der Waals surface area (Å²) in [6.45, 7) is 1.48. The molecule has 2 rings (SSSR count). The summed E-state index contributed by atoms with van der Waals surface area (Å²) in [4.78, 5) is 24.2. The molecule has 0 aromatic heterocycles. The molecule has 0 bridgehead atoms. The van der Waals surface area contributed by atoms with Crippen molar-refractivity contribution in [3.05, 3.63) is 63.2 Å². The zero-order valence-corrected chi connectivity index (χ0v) is 14.4. The number of carbonyl (C=O) groups excluding carboxylic acids is 2. The fourth-order valence-corrected chi connectivity index (χ4v) is 2.44. The molecule has 6 heteroatoms. The molecule has 1 N–H and O–H groups in total. The van der Waals surface area contributed by atoms with Gasteiger partial charge in [-0.15, -0.1) is 0 Å². The molecule has 1 unspecified atom stereocenters. The van der Waals surface area contributed by atoms with Gasteiger partial charge >= 0.3 is 5.97 Å². The number of benzene rings is 2. The number of nitrogens with zero attached hydrogens (tertiary/aromatic N) is 1. The highest BCUT2D eigenvalue weighted by Crippen LogP contribution is 2.16. The first-order valence-corrected chi connectivity index (χ1v) is 7.86. The maximum atomic E-state index is 12.1. The molecule has 0 fully saturated rings. The first-order chi connectivity index (χ1) is 11.0. The second-order valence-corrected chi connectivity index (χ2v) is 5.84. The highest BCUT2D eigenvalue weighted by molar-refractivity contribution is 14.1. The van der Waals surface area contributed by atoms with E-state index in [1.165, 1.54) is 6.92 Å². The predicted octanol–water partition coefficient (Wildman–Crippen LogP) is 3.35. The van der Waals surface area contributed by atoms with Gasteiger partial charge in [0.05, 0.1) is 16.8 Å². The highest BCUT2D eigenvalue weighted by atomic mass is 127. The number of esters is 1. The molecule has 0 saturated heterocycles. The van der Waals surface area contributed by atoms with E-state index < -0.39 is 18.0 Å². The molecule has 116 valence electrons. The Morgan fingerprint density at radius 3 is 2.52 bits per heavy atom. The van der Waals surface area contributed by atoms with Crippen LogP contribution >= 0.6 is 22.6 Å². The van der Waals surface area contributed by atoms with Crippen LogP contribution in [0.1, 0.15) is 22.8 Å². The van der Waals surface area contributed by atoms with E-state index in [9.17, 15) is 9.59 Å². The third kappa shape index (κ3) is 4.29. The molecule has 0 aliphatic rings. The van der Waals surface area contributed by atoms with Gasteiger partial charge in [-0.1, -0.05) is 24.3 Å². The standard InChI is InChI=1S/C17H13IN2O3/c1-11(23-17(22)13-7-3-4-8-14(13)18)16(21)20-15-9-5-2-6-12(15)10-19/h2-9,11H,1H3,(H,20,21). The van der Waals surface area contributed by atoms with Crippen LogP contribution in [0.15, 0.2) is 48.5 Å². The van der Waals surface area contributed by atoms with Gasteiger partial charge in [0.15, 0.2) is 6.10 Å². The Bertz CT molecular complexity index is 783. The van der Waals surface area contributed by atoms with E-state index in [1.807, 2.05) is 34.7 Å². The molecule has 1 atom stereocenters. The lowest BCUT2D eigenvalue weighted by atomic mass is 10.2. The minimum Gasteiger partial charge on any atom is -0.449 e. The Morgan fingerprint density at radius 2 is 1.83 bits per heavy atom. The number of hydrogen-bond acceptors (Lipinski definition) is 4. The van der Waals surface area contributed by atoms with Gasteiger partial charge in [-0.3, -0.25) is 4.79 Å². The van der Waals surface area contributed by atoms with Crippen LogP contribution in [-0.2, 0) is 9.53 Å². The van der Waals surface area contributed by atoms with Gasteiger partial charge in [0, 0.05) is 3.57 Å². The van der Waals surface area contributed by atoms with Crippen molar-refractivity contribution in [2.75, 3.05) is 5.32 Å². The maximum absolute atomic E-state index is 12.1. The third-order valence-corrected chi connectivity index (χ3v) is 3.99. The van der Waals surface area contributed by atoms with Crippen molar-refractivity contribution in [1.29, 1.82) is 5.26 Å². The third-order valence-electron chi connectivity index (χ3n) is 3.05. The number of ether oxygens (including phenoxy) is 1. The number of nitrogens with one attached hydrogen (secondary N) is 1.